The van der Waals surface area contributed by atoms with Crippen LogP contribution in [0.3, 0.4) is 0 Å². The van der Waals surface area contributed by atoms with Gasteiger partial charge in [0.05, 0.1) is 5.69 Å². The summed E-state index contributed by atoms with van der Waals surface area (Å²) in [6, 6.07) is 17.3. The summed E-state index contributed by atoms with van der Waals surface area (Å²) in [7, 11) is 0. The van der Waals surface area contributed by atoms with Gasteiger partial charge in [0, 0.05) is 62.8 Å². The van der Waals surface area contributed by atoms with Gasteiger partial charge < -0.3 is 21.3 Å². The van der Waals surface area contributed by atoms with E-state index in [0.717, 1.165) is 48.7 Å². The smallest absolute Gasteiger partial charge is 0.314 e. The third-order valence-corrected chi connectivity index (χ3v) is 5.77. The molecule has 9 nitrogen and oxygen atoms in total. The molecule has 2 heterocycles. The van der Waals surface area contributed by atoms with Crippen molar-refractivity contribution in [3.8, 4) is 11.3 Å². The average Bonchev–Trinajstić information content (AvgIpc) is 2.84. The van der Waals surface area contributed by atoms with E-state index in [9.17, 15) is 9.59 Å². The first kappa shape index (κ1) is 23.2. The van der Waals surface area contributed by atoms with Crippen LogP contribution in [0.25, 0.3) is 11.3 Å². The summed E-state index contributed by atoms with van der Waals surface area (Å²) >= 11 is 0. The highest BCUT2D eigenvalue weighted by atomic mass is 16.2. The fourth-order valence-corrected chi connectivity index (χ4v) is 3.87. The highest BCUT2D eigenvalue weighted by Crippen LogP contribution is 2.22. The Hall–Kier alpha value is -3.98. The molecule has 4 rings (SSSR count). The van der Waals surface area contributed by atoms with Crippen LogP contribution in [0.4, 0.5) is 22.1 Å². The quantitative estimate of drug-likeness (QED) is 0.500. The molecule has 0 atom stereocenters. The lowest BCUT2D eigenvalue weighted by atomic mass is 10.1. The van der Waals surface area contributed by atoms with Gasteiger partial charge in [0.2, 0.25) is 11.9 Å². The van der Waals surface area contributed by atoms with Gasteiger partial charge in [-0.25, -0.2) is 14.8 Å². The molecule has 0 bridgehead atoms. The van der Waals surface area contributed by atoms with Gasteiger partial charge in [-0.1, -0.05) is 24.3 Å². The minimum absolute atomic E-state index is 0.102. The number of nitrogens with zero attached hydrogens (tertiary/aromatic N) is 4. The normalized spacial score (nSPS) is 14.0. The molecule has 9 heteroatoms. The molecule has 4 N–H and O–H groups in total. The molecule has 1 aliphatic rings. The number of carbonyl (C=O) groups is 2. The number of rotatable bonds is 7. The summed E-state index contributed by atoms with van der Waals surface area (Å²) in [6.07, 6.45) is 2.66. The molecule has 1 aromatic heterocycles. The van der Waals surface area contributed by atoms with Crippen molar-refractivity contribution >= 4 is 29.3 Å². The van der Waals surface area contributed by atoms with E-state index in [4.69, 9.17) is 5.73 Å². The highest BCUT2D eigenvalue weighted by molar-refractivity contribution is 5.88. The second kappa shape index (κ2) is 10.8. The number of amides is 3. The molecular weight excluding hydrogens is 430 g/mol. The summed E-state index contributed by atoms with van der Waals surface area (Å²) in [4.78, 5) is 35.4. The third kappa shape index (κ3) is 6.29. The number of nitrogens with one attached hydrogen (secondary N) is 2. The molecule has 1 aliphatic heterocycles. The first-order chi connectivity index (χ1) is 16.5. The number of hydrogen-bond donors (Lipinski definition) is 3. The zero-order valence-electron chi connectivity index (χ0n) is 19.2. The molecule has 1 saturated heterocycles. The first-order valence-electron chi connectivity index (χ1n) is 11.3. The SMILES string of the molecule is CC(=O)Nc1ccc(-c2ccnc(Nc3ccc(CCN4CCN(C(N)=O)CC4)cc3)n2)cc1. The van der Waals surface area contributed by atoms with Crippen LogP contribution in [0, 0.1) is 0 Å². The van der Waals surface area contributed by atoms with E-state index in [2.05, 4.69) is 37.6 Å². The van der Waals surface area contributed by atoms with Crippen LogP contribution in [0.1, 0.15) is 12.5 Å². The molecule has 0 aliphatic carbocycles. The predicted molar refractivity (Wildman–Crippen MR) is 133 cm³/mol. The molecule has 2 aromatic carbocycles. The number of primary amides is 1. The number of nitrogens with two attached hydrogens (primary N) is 1. The highest BCUT2D eigenvalue weighted by Gasteiger charge is 2.18. The van der Waals surface area contributed by atoms with E-state index >= 15 is 0 Å². The Labute approximate surface area is 199 Å². The Morgan fingerprint density at radius 3 is 2.26 bits per heavy atom. The van der Waals surface area contributed by atoms with Crippen LogP contribution in [0.2, 0.25) is 0 Å². The fraction of sp³-hybridized carbons (Fsp3) is 0.280. The Kier molecular flexibility index (Phi) is 7.34. The maximum Gasteiger partial charge on any atom is 0.314 e. The maximum absolute atomic E-state index is 11.2. The van der Waals surface area contributed by atoms with Gasteiger partial charge in [-0.05, 0) is 42.3 Å². The molecule has 0 saturated carbocycles. The molecular formula is C25H29N7O2. The van der Waals surface area contributed by atoms with Crippen molar-refractivity contribution in [2.75, 3.05) is 43.4 Å². The van der Waals surface area contributed by atoms with Gasteiger partial charge >= 0.3 is 6.03 Å². The molecule has 3 amide bonds. The summed E-state index contributed by atoms with van der Waals surface area (Å²) in [5, 5.41) is 6.02. The Balaban J connectivity index is 1.31. The maximum atomic E-state index is 11.2. The lowest BCUT2D eigenvalue weighted by molar-refractivity contribution is -0.114. The van der Waals surface area contributed by atoms with Gasteiger partial charge in [-0.2, -0.15) is 0 Å². The van der Waals surface area contributed by atoms with Crippen LogP contribution < -0.4 is 16.4 Å². The minimum Gasteiger partial charge on any atom is -0.351 e. The Bertz CT molecular complexity index is 1120. The average molecular weight is 460 g/mol. The van der Waals surface area contributed by atoms with Crippen molar-refractivity contribution < 1.29 is 9.59 Å². The van der Waals surface area contributed by atoms with E-state index in [-0.39, 0.29) is 11.9 Å². The largest absolute Gasteiger partial charge is 0.351 e. The summed E-state index contributed by atoms with van der Waals surface area (Å²) < 4.78 is 0. The standard InChI is InChI=1S/C25H29N7O2/c1-18(33)28-21-8-4-20(5-9-21)23-10-12-27-25(30-23)29-22-6-2-19(3-7-22)11-13-31-14-16-32(17-15-31)24(26)34/h2-10,12H,11,13-17H2,1H3,(H2,26,34)(H,28,33)(H,27,29,30). The number of anilines is 3. The number of aromatic nitrogens is 2. The molecule has 1 fully saturated rings. The molecule has 0 unspecified atom stereocenters. The number of carbonyl (C=O) groups excluding carboxylic acids is 2. The van der Waals surface area contributed by atoms with Crippen molar-refractivity contribution in [1.82, 2.24) is 19.8 Å². The Morgan fingerprint density at radius 2 is 1.62 bits per heavy atom. The van der Waals surface area contributed by atoms with Crippen molar-refractivity contribution in [3.05, 3.63) is 66.4 Å². The zero-order chi connectivity index (χ0) is 23.9. The van der Waals surface area contributed by atoms with Gasteiger partial charge in [-0.3, -0.25) is 9.69 Å². The van der Waals surface area contributed by atoms with E-state index in [1.807, 2.05) is 42.5 Å². The van der Waals surface area contributed by atoms with Crippen LogP contribution in [-0.4, -0.2) is 64.4 Å². The molecule has 0 radical (unpaired) electrons. The second-order valence-electron chi connectivity index (χ2n) is 8.26. The molecule has 3 aromatic rings. The fourth-order valence-electron chi connectivity index (χ4n) is 3.87. The molecule has 34 heavy (non-hydrogen) atoms. The van der Waals surface area contributed by atoms with Crippen LogP contribution in [-0.2, 0) is 11.2 Å². The summed E-state index contributed by atoms with van der Waals surface area (Å²) in [5.41, 5.74) is 9.98. The minimum atomic E-state index is -0.336. The first-order valence-corrected chi connectivity index (χ1v) is 11.3. The summed E-state index contributed by atoms with van der Waals surface area (Å²) in [5.74, 6) is 0.416. The van der Waals surface area contributed by atoms with E-state index in [0.29, 0.717) is 19.0 Å². The van der Waals surface area contributed by atoms with Crippen molar-refractivity contribution in [1.29, 1.82) is 0 Å². The van der Waals surface area contributed by atoms with Gasteiger partial charge in [0.1, 0.15) is 0 Å². The molecule has 0 spiro atoms. The lowest BCUT2D eigenvalue weighted by Crippen LogP contribution is -2.50. The molecule has 176 valence electrons. The van der Waals surface area contributed by atoms with Crippen molar-refractivity contribution in [2.45, 2.75) is 13.3 Å². The number of piperazine rings is 1. The predicted octanol–water partition coefficient (Wildman–Crippen LogP) is 3.08. The van der Waals surface area contributed by atoms with Crippen molar-refractivity contribution in [2.24, 2.45) is 5.73 Å². The lowest BCUT2D eigenvalue weighted by Gasteiger charge is -2.33. The summed E-state index contributed by atoms with van der Waals surface area (Å²) in [6.45, 7) is 5.52. The topological polar surface area (TPSA) is 116 Å². The number of hydrogen-bond acceptors (Lipinski definition) is 6. The number of urea groups is 1. The van der Waals surface area contributed by atoms with E-state index in [1.54, 1.807) is 11.1 Å². The van der Waals surface area contributed by atoms with E-state index in [1.165, 1.54) is 12.5 Å². The van der Waals surface area contributed by atoms with Crippen molar-refractivity contribution in [3.63, 3.8) is 0 Å². The van der Waals surface area contributed by atoms with Gasteiger partial charge in [0.15, 0.2) is 0 Å². The second-order valence-corrected chi connectivity index (χ2v) is 8.26. The number of benzene rings is 2. The van der Waals surface area contributed by atoms with Crippen LogP contribution in [0.5, 0.6) is 0 Å². The van der Waals surface area contributed by atoms with Crippen LogP contribution >= 0.6 is 0 Å². The van der Waals surface area contributed by atoms with E-state index < -0.39 is 0 Å². The van der Waals surface area contributed by atoms with Gasteiger partial charge in [0.25, 0.3) is 0 Å². The van der Waals surface area contributed by atoms with Crippen LogP contribution in [0.15, 0.2) is 60.8 Å². The third-order valence-electron chi connectivity index (χ3n) is 5.77. The monoisotopic (exact) mass is 459 g/mol. The van der Waals surface area contributed by atoms with Gasteiger partial charge in [-0.15, -0.1) is 0 Å². The Morgan fingerprint density at radius 1 is 0.941 bits per heavy atom. The zero-order valence-corrected chi connectivity index (χ0v) is 19.2.